The summed E-state index contributed by atoms with van der Waals surface area (Å²) < 4.78 is 0. The van der Waals surface area contributed by atoms with Crippen molar-refractivity contribution in [3.8, 4) is 0 Å². The molecule has 0 spiro atoms. The van der Waals surface area contributed by atoms with Crippen LogP contribution in [-0.4, -0.2) is 21.8 Å². The largest absolute Gasteiger partial charge is 0.481 e. The van der Waals surface area contributed by atoms with E-state index in [0.29, 0.717) is 18.8 Å². The minimum atomic E-state index is -0.905. The molecule has 14 heavy (non-hydrogen) atoms. The van der Waals surface area contributed by atoms with E-state index in [1.807, 2.05) is 0 Å². The third kappa shape index (κ3) is 1.92. The monoisotopic (exact) mass is 198 g/mol. The predicted molar refractivity (Wildman–Crippen MR) is 51.9 cm³/mol. The van der Waals surface area contributed by atoms with Gasteiger partial charge < -0.3 is 10.2 Å². The molecule has 80 valence electrons. The summed E-state index contributed by atoms with van der Waals surface area (Å²) in [6.45, 7) is 0. The van der Waals surface area contributed by atoms with Gasteiger partial charge in [-0.15, -0.1) is 0 Å². The molecule has 2 saturated carbocycles. The number of rotatable bonds is 2. The Morgan fingerprint density at radius 1 is 1.29 bits per heavy atom. The zero-order valence-corrected chi connectivity index (χ0v) is 8.41. The molecule has 0 aromatic heterocycles. The Hall–Kier alpha value is -0.570. The molecule has 0 aromatic carbocycles. The fourth-order valence-corrected chi connectivity index (χ4v) is 3.25. The second-order valence-corrected chi connectivity index (χ2v) is 4.99. The second kappa shape index (κ2) is 3.54. The number of carboxylic acids is 1. The standard InChI is InChI=1S/C11H18O3/c12-10(13)7-11(14)5-4-8-2-1-3-9(8)6-11/h8-9,14H,1-7H2,(H,12,13). The van der Waals surface area contributed by atoms with Gasteiger partial charge in [-0.05, 0) is 31.1 Å². The normalized spacial score (nSPS) is 42.1. The maximum absolute atomic E-state index is 10.6. The van der Waals surface area contributed by atoms with E-state index in [1.165, 1.54) is 19.3 Å². The Morgan fingerprint density at radius 3 is 2.71 bits per heavy atom. The van der Waals surface area contributed by atoms with E-state index in [-0.39, 0.29) is 6.42 Å². The van der Waals surface area contributed by atoms with Gasteiger partial charge in [0.2, 0.25) is 0 Å². The summed E-state index contributed by atoms with van der Waals surface area (Å²) in [4.78, 5) is 10.6. The molecule has 0 radical (unpaired) electrons. The Kier molecular flexibility index (Phi) is 2.52. The molecular formula is C11H18O3. The molecule has 0 amide bonds. The third-order valence-corrected chi connectivity index (χ3v) is 3.92. The van der Waals surface area contributed by atoms with Crippen molar-refractivity contribution in [2.75, 3.05) is 0 Å². The Morgan fingerprint density at radius 2 is 2.00 bits per heavy atom. The van der Waals surface area contributed by atoms with Gasteiger partial charge in [0, 0.05) is 0 Å². The van der Waals surface area contributed by atoms with E-state index in [2.05, 4.69) is 0 Å². The first-order valence-corrected chi connectivity index (χ1v) is 5.53. The molecule has 2 aliphatic rings. The summed E-state index contributed by atoms with van der Waals surface area (Å²) in [5.41, 5.74) is -0.905. The minimum Gasteiger partial charge on any atom is -0.481 e. The third-order valence-electron chi connectivity index (χ3n) is 3.92. The van der Waals surface area contributed by atoms with Crippen LogP contribution in [0.1, 0.15) is 44.9 Å². The number of aliphatic hydroxyl groups is 1. The molecule has 0 bridgehead atoms. The van der Waals surface area contributed by atoms with Crippen molar-refractivity contribution in [2.24, 2.45) is 11.8 Å². The summed E-state index contributed by atoms with van der Waals surface area (Å²) >= 11 is 0. The summed E-state index contributed by atoms with van der Waals surface area (Å²) in [6.07, 6.45) is 6.08. The van der Waals surface area contributed by atoms with Gasteiger partial charge in [0.05, 0.1) is 12.0 Å². The van der Waals surface area contributed by atoms with E-state index in [0.717, 1.165) is 12.3 Å². The first-order valence-electron chi connectivity index (χ1n) is 5.53. The summed E-state index contributed by atoms with van der Waals surface area (Å²) in [7, 11) is 0. The molecule has 2 fully saturated rings. The van der Waals surface area contributed by atoms with Gasteiger partial charge in [-0.2, -0.15) is 0 Å². The fourth-order valence-electron chi connectivity index (χ4n) is 3.25. The van der Waals surface area contributed by atoms with E-state index in [4.69, 9.17) is 5.11 Å². The number of hydrogen-bond acceptors (Lipinski definition) is 2. The average molecular weight is 198 g/mol. The van der Waals surface area contributed by atoms with Crippen LogP contribution in [0.15, 0.2) is 0 Å². The smallest absolute Gasteiger partial charge is 0.306 e. The first-order chi connectivity index (χ1) is 6.59. The molecule has 0 aliphatic heterocycles. The van der Waals surface area contributed by atoms with Crippen LogP contribution < -0.4 is 0 Å². The van der Waals surface area contributed by atoms with Crippen LogP contribution >= 0.6 is 0 Å². The Balaban J connectivity index is 1.98. The quantitative estimate of drug-likeness (QED) is 0.711. The van der Waals surface area contributed by atoms with Crippen LogP contribution in [0.5, 0.6) is 0 Å². The molecule has 2 N–H and O–H groups in total. The lowest BCUT2D eigenvalue weighted by Crippen LogP contribution is -2.39. The maximum Gasteiger partial charge on any atom is 0.306 e. The van der Waals surface area contributed by atoms with Crippen molar-refractivity contribution in [2.45, 2.75) is 50.5 Å². The van der Waals surface area contributed by atoms with Gasteiger partial charge in [0.25, 0.3) is 0 Å². The molecule has 3 nitrogen and oxygen atoms in total. The van der Waals surface area contributed by atoms with Crippen molar-refractivity contribution in [3.63, 3.8) is 0 Å². The summed E-state index contributed by atoms with van der Waals surface area (Å²) in [5, 5.41) is 18.8. The maximum atomic E-state index is 10.6. The fraction of sp³-hybridized carbons (Fsp3) is 0.909. The number of carbonyl (C=O) groups is 1. The van der Waals surface area contributed by atoms with Gasteiger partial charge in [0.1, 0.15) is 0 Å². The van der Waals surface area contributed by atoms with Gasteiger partial charge in [0.15, 0.2) is 0 Å². The highest BCUT2D eigenvalue weighted by atomic mass is 16.4. The number of fused-ring (bicyclic) bond motifs is 1. The molecule has 2 aliphatic carbocycles. The van der Waals surface area contributed by atoms with Crippen LogP contribution in [0.3, 0.4) is 0 Å². The van der Waals surface area contributed by atoms with Crippen molar-refractivity contribution >= 4 is 5.97 Å². The Bertz CT molecular complexity index is 239. The van der Waals surface area contributed by atoms with Gasteiger partial charge in [-0.1, -0.05) is 19.3 Å². The van der Waals surface area contributed by atoms with E-state index in [9.17, 15) is 9.90 Å². The molecule has 0 heterocycles. The van der Waals surface area contributed by atoms with Crippen LogP contribution in [0.2, 0.25) is 0 Å². The lowest BCUT2D eigenvalue weighted by molar-refractivity contribution is -0.145. The zero-order chi connectivity index (χ0) is 10.2. The molecule has 3 unspecified atom stereocenters. The van der Waals surface area contributed by atoms with Crippen molar-refractivity contribution < 1.29 is 15.0 Å². The SMILES string of the molecule is O=C(O)CC1(O)CCC2CCCC2C1. The summed E-state index contributed by atoms with van der Waals surface area (Å²) in [5.74, 6) is 0.487. The molecule has 3 heteroatoms. The van der Waals surface area contributed by atoms with Gasteiger partial charge >= 0.3 is 5.97 Å². The number of carboxylic acid groups (broad SMARTS) is 1. The van der Waals surface area contributed by atoms with Crippen molar-refractivity contribution in [1.82, 2.24) is 0 Å². The molecule has 3 atom stereocenters. The minimum absolute atomic E-state index is 0.0732. The topological polar surface area (TPSA) is 57.5 Å². The van der Waals surface area contributed by atoms with Crippen molar-refractivity contribution in [1.29, 1.82) is 0 Å². The van der Waals surface area contributed by atoms with E-state index in [1.54, 1.807) is 0 Å². The van der Waals surface area contributed by atoms with E-state index < -0.39 is 11.6 Å². The van der Waals surface area contributed by atoms with Crippen LogP contribution in [0.25, 0.3) is 0 Å². The first kappa shape index (κ1) is 9.97. The Labute approximate surface area is 84.1 Å². The highest BCUT2D eigenvalue weighted by Crippen LogP contribution is 2.46. The highest BCUT2D eigenvalue weighted by Gasteiger charge is 2.42. The lowest BCUT2D eigenvalue weighted by atomic mass is 9.72. The zero-order valence-electron chi connectivity index (χ0n) is 8.41. The predicted octanol–water partition coefficient (Wildman–Crippen LogP) is 1.79. The number of aliphatic carboxylic acids is 1. The second-order valence-electron chi connectivity index (χ2n) is 4.99. The lowest BCUT2D eigenvalue weighted by Gasteiger charge is -2.37. The van der Waals surface area contributed by atoms with E-state index >= 15 is 0 Å². The summed E-state index contributed by atoms with van der Waals surface area (Å²) in [6, 6.07) is 0. The molecular weight excluding hydrogens is 180 g/mol. The average Bonchev–Trinajstić information content (AvgIpc) is 2.48. The molecule has 2 rings (SSSR count). The van der Waals surface area contributed by atoms with Gasteiger partial charge in [-0.25, -0.2) is 0 Å². The number of hydrogen-bond donors (Lipinski definition) is 2. The molecule has 0 saturated heterocycles. The van der Waals surface area contributed by atoms with Crippen LogP contribution in [0, 0.1) is 11.8 Å². The van der Waals surface area contributed by atoms with Crippen molar-refractivity contribution in [3.05, 3.63) is 0 Å². The van der Waals surface area contributed by atoms with Crippen LogP contribution in [-0.2, 0) is 4.79 Å². The molecule has 0 aromatic rings. The van der Waals surface area contributed by atoms with Gasteiger partial charge in [-0.3, -0.25) is 4.79 Å². The highest BCUT2D eigenvalue weighted by molar-refractivity contribution is 5.68. The van der Waals surface area contributed by atoms with Crippen LogP contribution in [0.4, 0.5) is 0 Å².